The van der Waals surface area contributed by atoms with Gasteiger partial charge in [-0.1, -0.05) is 17.7 Å². The second-order valence-electron chi connectivity index (χ2n) is 5.49. The summed E-state index contributed by atoms with van der Waals surface area (Å²) in [5, 5.41) is 12.4. The number of benzene rings is 1. The van der Waals surface area contributed by atoms with Gasteiger partial charge in [0.25, 0.3) is 0 Å². The van der Waals surface area contributed by atoms with Crippen LogP contribution in [0.4, 0.5) is 4.39 Å². The first-order chi connectivity index (χ1) is 12.1. The lowest BCUT2D eigenvalue weighted by Crippen LogP contribution is -2.35. The molecule has 132 valence electrons. The predicted octanol–water partition coefficient (Wildman–Crippen LogP) is 2.68. The van der Waals surface area contributed by atoms with Crippen LogP contribution in [-0.2, 0) is 4.74 Å². The van der Waals surface area contributed by atoms with Crippen molar-refractivity contribution >= 4 is 17.6 Å². The van der Waals surface area contributed by atoms with Crippen LogP contribution >= 0.6 is 11.6 Å². The molecular formula is C17H16ClFN2O4. The zero-order valence-corrected chi connectivity index (χ0v) is 13.9. The highest BCUT2D eigenvalue weighted by Gasteiger charge is 2.30. The Morgan fingerprint density at radius 1 is 1.44 bits per heavy atom. The summed E-state index contributed by atoms with van der Waals surface area (Å²) in [5.41, 5.74) is 0.510. The molecule has 0 saturated carbocycles. The summed E-state index contributed by atoms with van der Waals surface area (Å²) in [5.74, 6) is -1.70. The summed E-state index contributed by atoms with van der Waals surface area (Å²) in [4.78, 5) is 15.3. The van der Waals surface area contributed by atoms with Crippen molar-refractivity contribution in [3.63, 3.8) is 0 Å². The minimum Gasteiger partial charge on any atom is -0.477 e. The molecule has 0 aliphatic carbocycles. The molecule has 3 rings (SSSR count). The maximum atomic E-state index is 13.8. The van der Waals surface area contributed by atoms with Crippen LogP contribution in [0.3, 0.4) is 0 Å². The molecule has 2 aromatic rings. The Kier molecular flexibility index (Phi) is 5.47. The van der Waals surface area contributed by atoms with E-state index >= 15 is 0 Å². The van der Waals surface area contributed by atoms with E-state index in [4.69, 9.17) is 21.1 Å². The maximum Gasteiger partial charge on any atom is 0.341 e. The first kappa shape index (κ1) is 17.6. The monoisotopic (exact) mass is 366 g/mol. The van der Waals surface area contributed by atoms with E-state index in [0.29, 0.717) is 25.3 Å². The summed E-state index contributed by atoms with van der Waals surface area (Å²) < 4.78 is 25.5. The second kappa shape index (κ2) is 7.77. The number of hydrogen-bond acceptors (Lipinski definition) is 5. The third-order valence-corrected chi connectivity index (χ3v) is 4.10. The van der Waals surface area contributed by atoms with Crippen LogP contribution in [0.15, 0.2) is 36.5 Å². The largest absolute Gasteiger partial charge is 0.477 e. The Labute approximate surface area is 148 Å². The number of aromatic carboxylic acids is 1. The first-order valence-corrected chi connectivity index (χ1v) is 8.06. The number of rotatable bonds is 4. The smallest absolute Gasteiger partial charge is 0.341 e. The van der Waals surface area contributed by atoms with Gasteiger partial charge in [-0.2, -0.15) is 0 Å². The maximum absolute atomic E-state index is 13.8. The number of hydrogen-bond donors (Lipinski definition) is 2. The lowest BCUT2D eigenvalue weighted by Gasteiger charge is -2.26. The van der Waals surface area contributed by atoms with Gasteiger partial charge >= 0.3 is 5.97 Å². The molecule has 2 atom stereocenters. The van der Waals surface area contributed by atoms with Crippen molar-refractivity contribution in [2.24, 2.45) is 0 Å². The Hall–Kier alpha value is -2.22. The zero-order chi connectivity index (χ0) is 17.8. The number of carbonyl (C=O) groups is 1. The van der Waals surface area contributed by atoms with Crippen LogP contribution in [0.25, 0.3) is 0 Å². The fourth-order valence-corrected chi connectivity index (χ4v) is 2.73. The van der Waals surface area contributed by atoms with Crippen LogP contribution in [0.5, 0.6) is 5.88 Å². The van der Waals surface area contributed by atoms with Crippen LogP contribution in [0.1, 0.15) is 22.0 Å². The van der Waals surface area contributed by atoms with Gasteiger partial charge in [0.15, 0.2) is 0 Å². The molecule has 2 unspecified atom stereocenters. The third-order valence-electron chi connectivity index (χ3n) is 3.80. The molecule has 8 heteroatoms. The molecule has 1 fully saturated rings. The van der Waals surface area contributed by atoms with Gasteiger partial charge in [0.05, 0.1) is 11.6 Å². The molecule has 2 heterocycles. The number of carboxylic acids is 1. The molecule has 1 saturated heterocycles. The lowest BCUT2D eigenvalue weighted by molar-refractivity contribution is -0.0107. The number of ether oxygens (including phenoxy) is 2. The topological polar surface area (TPSA) is 80.7 Å². The molecule has 6 nitrogen and oxygen atoms in total. The summed E-state index contributed by atoms with van der Waals surface area (Å²) in [7, 11) is 0. The molecule has 1 aromatic heterocycles. The third kappa shape index (κ3) is 4.07. The van der Waals surface area contributed by atoms with Gasteiger partial charge in [-0.3, -0.25) is 0 Å². The number of pyridine rings is 1. The molecule has 0 radical (unpaired) electrons. The number of halogens is 2. The Bertz CT molecular complexity index is 774. The highest BCUT2D eigenvalue weighted by molar-refractivity contribution is 6.30. The van der Waals surface area contributed by atoms with Gasteiger partial charge in [-0.25, -0.2) is 14.2 Å². The van der Waals surface area contributed by atoms with Crippen molar-refractivity contribution in [1.82, 2.24) is 10.3 Å². The predicted molar refractivity (Wildman–Crippen MR) is 88.6 cm³/mol. The fourth-order valence-electron chi connectivity index (χ4n) is 2.61. The molecule has 1 aliphatic heterocycles. The van der Waals surface area contributed by atoms with Gasteiger partial charge in [0, 0.05) is 19.3 Å². The van der Waals surface area contributed by atoms with E-state index in [2.05, 4.69) is 10.3 Å². The molecule has 2 N–H and O–H groups in total. The SMILES string of the molecule is O=C(O)c1cccnc1OC1CNCCOC1c1ccc(Cl)c(F)c1. The molecule has 0 bridgehead atoms. The molecule has 0 spiro atoms. The zero-order valence-electron chi connectivity index (χ0n) is 13.1. The van der Waals surface area contributed by atoms with Crippen molar-refractivity contribution < 1.29 is 23.8 Å². The van der Waals surface area contributed by atoms with E-state index in [0.717, 1.165) is 0 Å². The van der Waals surface area contributed by atoms with Crippen LogP contribution in [0.2, 0.25) is 5.02 Å². The summed E-state index contributed by atoms with van der Waals surface area (Å²) >= 11 is 5.74. The summed E-state index contributed by atoms with van der Waals surface area (Å²) in [6, 6.07) is 7.34. The average Bonchev–Trinajstić information content (AvgIpc) is 2.83. The number of carboxylic acid groups (broad SMARTS) is 1. The minimum absolute atomic E-state index is 0.00765. The normalized spacial score (nSPS) is 20.7. The van der Waals surface area contributed by atoms with Gasteiger partial charge < -0.3 is 19.9 Å². The van der Waals surface area contributed by atoms with Gasteiger partial charge in [-0.15, -0.1) is 0 Å². The van der Waals surface area contributed by atoms with E-state index in [1.165, 1.54) is 30.5 Å². The van der Waals surface area contributed by atoms with Crippen LogP contribution in [-0.4, -0.2) is 41.9 Å². The first-order valence-electron chi connectivity index (χ1n) is 7.68. The van der Waals surface area contributed by atoms with Crippen LogP contribution in [0, 0.1) is 5.82 Å². The van der Waals surface area contributed by atoms with E-state index in [-0.39, 0.29) is 16.5 Å². The lowest BCUT2D eigenvalue weighted by atomic mass is 10.0. The van der Waals surface area contributed by atoms with Crippen molar-refractivity contribution in [3.8, 4) is 5.88 Å². The summed E-state index contributed by atoms with van der Waals surface area (Å²) in [6.45, 7) is 1.40. The van der Waals surface area contributed by atoms with E-state index < -0.39 is 24.0 Å². The number of nitrogens with zero attached hydrogens (tertiary/aromatic N) is 1. The Balaban J connectivity index is 1.91. The van der Waals surface area contributed by atoms with Gasteiger partial charge in [0.1, 0.15) is 23.6 Å². The molecular weight excluding hydrogens is 351 g/mol. The fraction of sp³-hybridized carbons (Fsp3) is 0.294. The molecule has 1 aromatic carbocycles. The van der Waals surface area contributed by atoms with Crippen LogP contribution < -0.4 is 10.1 Å². The number of nitrogens with one attached hydrogen (secondary N) is 1. The van der Waals surface area contributed by atoms with Gasteiger partial charge in [-0.05, 0) is 29.8 Å². The van der Waals surface area contributed by atoms with Gasteiger partial charge in [0.2, 0.25) is 5.88 Å². The van der Waals surface area contributed by atoms with Crippen molar-refractivity contribution in [1.29, 1.82) is 0 Å². The molecule has 25 heavy (non-hydrogen) atoms. The average molecular weight is 367 g/mol. The minimum atomic E-state index is -1.14. The molecule has 1 aliphatic rings. The van der Waals surface area contributed by atoms with Crippen molar-refractivity contribution in [2.75, 3.05) is 19.7 Å². The van der Waals surface area contributed by atoms with Crippen molar-refractivity contribution in [2.45, 2.75) is 12.2 Å². The standard InChI is InChI=1S/C17H16ClFN2O4/c18-12-4-3-10(8-13(12)19)15-14(9-20-6-7-24-15)25-16-11(17(22)23)2-1-5-21-16/h1-5,8,14-15,20H,6-7,9H2,(H,22,23). The number of aromatic nitrogens is 1. The van der Waals surface area contributed by atoms with Crippen molar-refractivity contribution in [3.05, 3.63) is 58.5 Å². The van der Waals surface area contributed by atoms with E-state index in [1.54, 1.807) is 6.07 Å². The summed E-state index contributed by atoms with van der Waals surface area (Å²) in [6.07, 6.45) is 0.269. The molecule has 0 amide bonds. The van der Waals surface area contributed by atoms with E-state index in [1.807, 2.05) is 0 Å². The highest BCUT2D eigenvalue weighted by atomic mass is 35.5. The van der Waals surface area contributed by atoms with E-state index in [9.17, 15) is 14.3 Å². The quantitative estimate of drug-likeness (QED) is 0.866. The highest BCUT2D eigenvalue weighted by Crippen LogP contribution is 2.29. The second-order valence-corrected chi connectivity index (χ2v) is 5.89. The Morgan fingerprint density at radius 3 is 3.04 bits per heavy atom. The Morgan fingerprint density at radius 2 is 2.28 bits per heavy atom.